The Balaban J connectivity index is 1.77. The van der Waals surface area contributed by atoms with Crippen molar-refractivity contribution in [3.05, 3.63) is 90.0 Å². The van der Waals surface area contributed by atoms with Gasteiger partial charge in [-0.1, -0.05) is 54.6 Å². The maximum atomic E-state index is 14.1. The molecule has 3 aromatic rings. The number of rotatable bonds is 1. The maximum absolute atomic E-state index is 14.1. The smallest absolute Gasteiger partial charge is 0.140 e. The zero-order valence-corrected chi connectivity index (χ0v) is 16.0. The molecule has 4 heterocycles. The molecule has 4 aliphatic heterocycles. The molecule has 7 rings (SSSR count). The van der Waals surface area contributed by atoms with Gasteiger partial charge in [0, 0.05) is 29.5 Å². The van der Waals surface area contributed by atoms with Gasteiger partial charge >= 0.3 is 0 Å². The molecule has 28 heavy (non-hydrogen) atoms. The molecular formula is C24H17O3P. The molecule has 0 unspecified atom stereocenters. The fraction of sp³-hybridized carbons (Fsp3) is 0.0833. The molecule has 4 bridgehead atoms. The summed E-state index contributed by atoms with van der Waals surface area (Å²) in [6, 6.07) is 24.8. The van der Waals surface area contributed by atoms with Crippen molar-refractivity contribution < 1.29 is 14.0 Å². The van der Waals surface area contributed by atoms with E-state index in [0.29, 0.717) is 23.8 Å². The van der Waals surface area contributed by atoms with Crippen LogP contribution in [0, 0.1) is 24.1 Å². The van der Waals surface area contributed by atoms with Crippen molar-refractivity contribution in [3.8, 4) is 35.6 Å². The fourth-order valence-corrected chi connectivity index (χ4v) is 5.87. The van der Waals surface area contributed by atoms with Crippen molar-refractivity contribution in [3.63, 3.8) is 0 Å². The first-order valence-electron chi connectivity index (χ1n) is 8.87. The Morgan fingerprint density at radius 3 is 1.57 bits per heavy atom. The van der Waals surface area contributed by atoms with Crippen molar-refractivity contribution in [2.24, 2.45) is 0 Å². The Bertz CT molecular complexity index is 1050. The summed E-state index contributed by atoms with van der Waals surface area (Å²) in [6.07, 6.45) is 6.02. The Hall–Kier alpha value is -3.39. The summed E-state index contributed by atoms with van der Waals surface area (Å²) in [5.41, 5.74) is 1.99. The molecule has 4 aliphatic rings. The van der Waals surface area contributed by atoms with Crippen LogP contribution in [-0.2, 0) is 16.9 Å². The van der Waals surface area contributed by atoms with Gasteiger partial charge in [0.25, 0.3) is 0 Å². The minimum absolute atomic E-state index is 0.477. The van der Waals surface area contributed by atoms with E-state index in [4.69, 9.17) is 9.47 Å². The number of hydrogen-bond acceptors (Lipinski definition) is 3. The molecule has 4 heteroatoms. The van der Waals surface area contributed by atoms with E-state index < -0.39 is 7.14 Å². The summed E-state index contributed by atoms with van der Waals surface area (Å²) >= 11 is 0. The lowest BCUT2D eigenvalue weighted by molar-refractivity contribution is 0.517. The Morgan fingerprint density at radius 2 is 1.11 bits per heavy atom. The van der Waals surface area contributed by atoms with E-state index in [0.717, 1.165) is 16.4 Å². The molecule has 0 atom stereocenters. The summed E-state index contributed by atoms with van der Waals surface area (Å²) in [5.74, 6) is 6.41. The second-order valence-corrected chi connectivity index (χ2v) is 9.41. The molecule has 3 nitrogen and oxygen atoms in total. The minimum Gasteiger partial charge on any atom is -0.407 e. The van der Waals surface area contributed by atoms with Crippen LogP contribution in [0.1, 0.15) is 11.1 Å². The van der Waals surface area contributed by atoms with E-state index in [-0.39, 0.29) is 0 Å². The lowest BCUT2D eigenvalue weighted by atomic mass is 10.2. The van der Waals surface area contributed by atoms with Gasteiger partial charge in [-0.25, -0.2) is 0 Å². The highest BCUT2D eigenvalue weighted by Gasteiger charge is 2.25. The van der Waals surface area contributed by atoms with Crippen LogP contribution in [0.15, 0.2) is 78.9 Å². The van der Waals surface area contributed by atoms with Gasteiger partial charge in [0.1, 0.15) is 30.9 Å². The van der Waals surface area contributed by atoms with E-state index in [1.54, 1.807) is 0 Å². The van der Waals surface area contributed by atoms with Crippen molar-refractivity contribution in [2.45, 2.75) is 12.3 Å². The van der Waals surface area contributed by atoms with Crippen molar-refractivity contribution in [2.75, 3.05) is 0 Å². The molecule has 136 valence electrons. The Morgan fingerprint density at radius 1 is 0.643 bits per heavy atom. The van der Waals surface area contributed by atoms with Crippen LogP contribution in [0.4, 0.5) is 0 Å². The number of ether oxygens (including phenoxy) is 2. The van der Waals surface area contributed by atoms with E-state index >= 15 is 0 Å². The summed E-state index contributed by atoms with van der Waals surface area (Å²) in [6.45, 7) is 0. The monoisotopic (exact) mass is 384 g/mol. The first kappa shape index (κ1) is 18.0. The van der Waals surface area contributed by atoms with Gasteiger partial charge in [0.05, 0.1) is 0 Å². The predicted octanol–water partition coefficient (Wildman–Crippen LogP) is 4.77. The quantitative estimate of drug-likeness (QED) is 0.448. The van der Waals surface area contributed by atoms with Crippen LogP contribution in [0.25, 0.3) is 0 Å². The summed E-state index contributed by atoms with van der Waals surface area (Å²) < 4.78 is 24.8. The van der Waals surface area contributed by atoms with Gasteiger partial charge in [0.15, 0.2) is 0 Å². The molecule has 3 aromatic carbocycles. The predicted molar refractivity (Wildman–Crippen MR) is 111 cm³/mol. The molecule has 0 aromatic heterocycles. The van der Waals surface area contributed by atoms with Crippen LogP contribution >= 0.6 is 7.14 Å². The molecule has 0 spiro atoms. The summed E-state index contributed by atoms with van der Waals surface area (Å²) in [5, 5.41) is 0.880. The van der Waals surface area contributed by atoms with Crippen LogP contribution in [0.2, 0.25) is 0 Å². The number of hydrogen-bond donors (Lipinski definition) is 0. The lowest BCUT2D eigenvalue weighted by Gasteiger charge is -2.19. The van der Waals surface area contributed by atoms with E-state index in [1.165, 1.54) is 0 Å². The van der Waals surface area contributed by atoms with Gasteiger partial charge in [-0.3, -0.25) is 0 Å². The third-order valence-corrected chi connectivity index (χ3v) is 7.44. The van der Waals surface area contributed by atoms with Gasteiger partial charge in [-0.15, -0.1) is 0 Å². The zero-order chi connectivity index (χ0) is 19.2. The highest BCUT2D eigenvalue weighted by molar-refractivity contribution is 7.70. The van der Waals surface area contributed by atoms with Gasteiger partial charge in [-0.2, -0.15) is 0 Å². The van der Waals surface area contributed by atoms with Crippen LogP contribution in [0.3, 0.4) is 0 Å². The van der Waals surface area contributed by atoms with E-state index in [2.05, 4.69) is 24.1 Å². The molecule has 0 saturated carbocycles. The Kier molecular flexibility index (Phi) is 5.20. The molecule has 0 aliphatic carbocycles. The summed E-state index contributed by atoms with van der Waals surface area (Å²) in [4.78, 5) is 0. The first-order chi connectivity index (χ1) is 13.7. The fourth-order valence-electron chi connectivity index (χ4n) is 3.07. The van der Waals surface area contributed by atoms with Gasteiger partial charge in [-0.05, 0) is 35.4 Å². The standard InChI is InChI=1S/C24H17O3P/c25-28(24-6-2-1-3-7-24)18-20-8-12-22(13-9-20)26-16-4-5-17-27-23-14-10-21(19-28)11-15-23/h1-3,6-15H,18-19H2. The average Bonchev–Trinajstić information content (AvgIpc) is 2.73. The highest BCUT2D eigenvalue weighted by Crippen LogP contribution is 2.51. The largest absolute Gasteiger partial charge is 0.407 e. The SMILES string of the molecule is O=P1(c2ccccc2)Cc2ccc(cc2)OC#CC#COc2ccc(cc2)C1. The highest BCUT2D eigenvalue weighted by atomic mass is 31.2. The van der Waals surface area contributed by atoms with Crippen LogP contribution in [0.5, 0.6) is 11.5 Å². The average molecular weight is 384 g/mol. The molecule has 0 radical (unpaired) electrons. The molecule has 0 saturated heterocycles. The first-order valence-corrected chi connectivity index (χ1v) is 10.9. The molecule has 0 fully saturated rings. The van der Waals surface area contributed by atoms with Gasteiger partial charge < -0.3 is 14.0 Å². The molecule has 0 N–H and O–H groups in total. The number of benzene rings is 3. The van der Waals surface area contributed by atoms with Crippen molar-refractivity contribution in [1.29, 1.82) is 0 Å². The lowest BCUT2D eigenvalue weighted by Crippen LogP contribution is -2.09. The minimum atomic E-state index is -2.70. The summed E-state index contributed by atoms with van der Waals surface area (Å²) in [7, 11) is -2.70. The molecular weight excluding hydrogens is 367 g/mol. The maximum Gasteiger partial charge on any atom is 0.140 e. The van der Waals surface area contributed by atoms with E-state index in [9.17, 15) is 4.57 Å². The normalized spacial score (nSPS) is 14.4. The van der Waals surface area contributed by atoms with Crippen molar-refractivity contribution >= 4 is 12.4 Å². The van der Waals surface area contributed by atoms with Crippen LogP contribution in [-0.4, -0.2) is 0 Å². The van der Waals surface area contributed by atoms with E-state index in [1.807, 2.05) is 78.9 Å². The Labute approximate surface area is 164 Å². The third kappa shape index (κ3) is 4.29. The van der Waals surface area contributed by atoms with Crippen molar-refractivity contribution in [1.82, 2.24) is 0 Å². The zero-order valence-electron chi connectivity index (χ0n) is 15.1. The molecule has 0 amide bonds. The second-order valence-electron chi connectivity index (χ2n) is 6.49. The second kappa shape index (κ2) is 8.10. The topological polar surface area (TPSA) is 35.5 Å². The van der Waals surface area contributed by atoms with Gasteiger partial charge in [0.2, 0.25) is 0 Å². The third-order valence-electron chi connectivity index (χ3n) is 4.45. The van der Waals surface area contributed by atoms with Crippen LogP contribution < -0.4 is 14.8 Å².